The van der Waals surface area contributed by atoms with Crippen LogP contribution in [0.1, 0.15) is 32.1 Å². The monoisotopic (exact) mass is 504 g/mol. The number of methoxy groups -OCH3 is 1. The molecule has 1 aliphatic heterocycles. The molecule has 0 radical (unpaired) electrons. The van der Waals surface area contributed by atoms with Crippen molar-refractivity contribution < 1.29 is 14.3 Å². The first-order valence-electron chi connectivity index (χ1n) is 12.2. The molecule has 5 aromatic rings. The number of carbonyl (C=O) groups excluding carboxylic acids is 2. The predicted molar refractivity (Wildman–Crippen MR) is 142 cm³/mol. The third-order valence-electron chi connectivity index (χ3n) is 6.77. The van der Waals surface area contributed by atoms with E-state index in [1.165, 1.54) is 6.33 Å². The number of aromatic nitrogens is 5. The normalized spacial score (nSPS) is 12.9. The SMILES string of the molecule is COc1ccc(-n2nc(Cn3cncn3)c3c2C(=O)N(c2ccc(-c4ccccc4C=O)cc2)CC3)cc1. The van der Waals surface area contributed by atoms with Crippen LogP contribution in [0.25, 0.3) is 16.8 Å². The Kier molecular flexibility index (Phi) is 6.01. The zero-order valence-corrected chi connectivity index (χ0v) is 20.7. The minimum absolute atomic E-state index is 0.125. The second-order valence-electron chi connectivity index (χ2n) is 8.94. The zero-order chi connectivity index (χ0) is 26.1. The lowest BCUT2D eigenvalue weighted by molar-refractivity contribution is 0.0972. The summed E-state index contributed by atoms with van der Waals surface area (Å²) < 4.78 is 8.72. The summed E-state index contributed by atoms with van der Waals surface area (Å²) in [4.78, 5) is 31.3. The summed E-state index contributed by atoms with van der Waals surface area (Å²) in [6.45, 7) is 0.943. The lowest BCUT2D eigenvalue weighted by Gasteiger charge is -2.28. The smallest absolute Gasteiger partial charge is 0.277 e. The quantitative estimate of drug-likeness (QED) is 0.308. The number of aldehydes is 1. The van der Waals surface area contributed by atoms with E-state index in [-0.39, 0.29) is 5.91 Å². The van der Waals surface area contributed by atoms with Gasteiger partial charge in [-0.1, -0.05) is 36.4 Å². The molecule has 2 aromatic heterocycles. The number of fused-ring (bicyclic) bond motifs is 1. The van der Waals surface area contributed by atoms with Crippen molar-refractivity contribution in [3.8, 4) is 22.6 Å². The highest BCUT2D eigenvalue weighted by Gasteiger charge is 2.33. The van der Waals surface area contributed by atoms with Gasteiger partial charge in [0.2, 0.25) is 0 Å². The molecule has 1 aliphatic rings. The number of ether oxygens (including phenoxy) is 1. The van der Waals surface area contributed by atoms with E-state index in [0.717, 1.165) is 45.8 Å². The van der Waals surface area contributed by atoms with E-state index in [4.69, 9.17) is 9.84 Å². The second-order valence-corrected chi connectivity index (χ2v) is 8.94. The minimum Gasteiger partial charge on any atom is -0.497 e. The minimum atomic E-state index is -0.125. The van der Waals surface area contributed by atoms with E-state index in [0.29, 0.717) is 30.8 Å². The van der Waals surface area contributed by atoms with Gasteiger partial charge in [-0.3, -0.25) is 9.59 Å². The third kappa shape index (κ3) is 4.13. The average Bonchev–Trinajstić information content (AvgIpc) is 3.62. The first-order valence-corrected chi connectivity index (χ1v) is 12.2. The van der Waals surface area contributed by atoms with E-state index in [2.05, 4.69) is 10.1 Å². The Bertz CT molecular complexity index is 1610. The van der Waals surface area contributed by atoms with Crippen LogP contribution in [0.3, 0.4) is 0 Å². The molecule has 0 N–H and O–H groups in total. The van der Waals surface area contributed by atoms with Gasteiger partial charge in [0.1, 0.15) is 24.1 Å². The zero-order valence-electron chi connectivity index (χ0n) is 20.7. The summed E-state index contributed by atoms with van der Waals surface area (Å²) in [7, 11) is 1.62. The van der Waals surface area contributed by atoms with Gasteiger partial charge >= 0.3 is 0 Å². The molecule has 38 heavy (non-hydrogen) atoms. The number of rotatable bonds is 7. The fourth-order valence-corrected chi connectivity index (χ4v) is 4.87. The first kappa shape index (κ1) is 23.4. The standard InChI is InChI=1S/C29H24N6O3/c1-38-24-12-10-23(11-13-24)35-28-26(27(32-35)16-33-19-30-18-31-33)14-15-34(29(28)37)22-8-6-20(7-9-22)25-5-3-2-4-21(25)17-36/h2-13,17-19H,14-16H2,1H3. The van der Waals surface area contributed by atoms with Crippen LogP contribution in [0, 0.1) is 0 Å². The van der Waals surface area contributed by atoms with Gasteiger partial charge in [0, 0.05) is 23.4 Å². The molecule has 0 atom stereocenters. The molecule has 0 spiro atoms. The second kappa shape index (κ2) is 9.78. The molecule has 0 fully saturated rings. The Morgan fingerprint density at radius 3 is 2.45 bits per heavy atom. The van der Waals surface area contributed by atoms with Crippen molar-refractivity contribution in [2.24, 2.45) is 0 Å². The molecular weight excluding hydrogens is 480 g/mol. The highest BCUT2D eigenvalue weighted by atomic mass is 16.5. The molecule has 0 saturated heterocycles. The van der Waals surface area contributed by atoms with Crippen molar-refractivity contribution in [1.29, 1.82) is 0 Å². The summed E-state index contributed by atoms with van der Waals surface area (Å²) >= 11 is 0. The Hall–Kier alpha value is -5.05. The topological polar surface area (TPSA) is 95.1 Å². The number of nitrogens with zero attached hydrogens (tertiary/aromatic N) is 6. The number of hydrogen-bond donors (Lipinski definition) is 0. The van der Waals surface area contributed by atoms with E-state index in [1.807, 2.05) is 66.7 Å². The number of carbonyl (C=O) groups is 2. The largest absolute Gasteiger partial charge is 0.497 e. The predicted octanol–water partition coefficient (Wildman–Crippen LogP) is 4.20. The summed E-state index contributed by atoms with van der Waals surface area (Å²) in [6, 6.07) is 22.7. The van der Waals surface area contributed by atoms with Gasteiger partial charge in [0.15, 0.2) is 6.29 Å². The van der Waals surface area contributed by atoms with E-state index >= 15 is 0 Å². The molecule has 188 valence electrons. The van der Waals surface area contributed by atoms with Crippen LogP contribution >= 0.6 is 0 Å². The Balaban J connectivity index is 1.37. The van der Waals surface area contributed by atoms with E-state index in [9.17, 15) is 9.59 Å². The van der Waals surface area contributed by atoms with Gasteiger partial charge in [0.05, 0.1) is 25.0 Å². The summed E-state index contributed by atoms with van der Waals surface area (Å²) in [5.41, 5.74) is 6.19. The third-order valence-corrected chi connectivity index (χ3v) is 6.77. The molecule has 9 nitrogen and oxygen atoms in total. The van der Waals surface area contributed by atoms with Crippen LogP contribution in [-0.2, 0) is 13.0 Å². The Morgan fingerprint density at radius 1 is 0.974 bits per heavy atom. The van der Waals surface area contributed by atoms with Crippen molar-refractivity contribution >= 4 is 17.9 Å². The van der Waals surface area contributed by atoms with Gasteiger partial charge in [-0.05, 0) is 53.9 Å². The van der Waals surface area contributed by atoms with Crippen molar-refractivity contribution in [3.63, 3.8) is 0 Å². The molecule has 9 heteroatoms. The number of benzene rings is 3. The fourth-order valence-electron chi connectivity index (χ4n) is 4.87. The first-order chi connectivity index (χ1) is 18.7. The van der Waals surface area contributed by atoms with Crippen LogP contribution in [-0.4, -0.2) is 50.4 Å². The van der Waals surface area contributed by atoms with Crippen LogP contribution in [0.15, 0.2) is 85.5 Å². The molecule has 3 heterocycles. The van der Waals surface area contributed by atoms with Crippen molar-refractivity contribution in [3.05, 3.63) is 108 Å². The van der Waals surface area contributed by atoms with Crippen LogP contribution in [0.2, 0.25) is 0 Å². The molecule has 0 bridgehead atoms. The van der Waals surface area contributed by atoms with E-state index in [1.54, 1.807) is 33.8 Å². The lowest BCUT2D eigenvalue weighted by Crippen LogP contribution is -2.38. The fraction of sp³-hybridized carbons (Fsp3) is 0.138. The van der Waals surface area contributed by atoms with Crippen molar-refractivity contribution in [1.82, 2.24) is 24.5 Å². The number of amides is 1. The Morgan fingerprint density at radius 2 is 1.74 bits per heavy atom. The van der Waals surface area contributed by atoms with Gasteiger partial charge in [-0.15, -0.1) is 0 Å². The van der Waals surface area contributed by atoms with Gasteiger partial charge in [-0.2, -0.15) is 10.2 Å². The molecule has 0 unspecified atom stereocenters. The van der Waals surface area contributed by atoms with Crippen LogP contribution in [0.5, 0.6) is 5.75 Å². The number of hydrogen-bond acceptors (Lipinski definition) is 6. The maximum absolute atomic E-state index is 14.0. The van der Waals surface area contributed by atoms with Crippen molar-refractivity contribution in [2.45, 2.75) is 13.0 Å². The van der Waals surface area contributed by atoms with Gasteiger partial charge in [-0.25, -0.2) is 14.3 Å². The average molecular weight is 505 g/mol. The highest BCUT2D eigenvalue weighted by molar-refractivity contribution is 6.07. The summed E-state index contributed by atoms with van der Waals surface area (Å²) in [5.74, 6) is 0.599. The van der Waals surface area contributed by atoms with Gasteiger partial charge in [0.25, 0.3) is 5.91 Å². The molecular formula is C29H24N6O3. The van der Waals surface area contributed by atoms with Crippen molar-refractivity contribution in [2.75, 3.05) is 18.6 Å². The highest BCUT2D eigenvalue weighted by Crippen LogP contribution is 2.31. The summed E-state index contributed by atoms with van der Waals surface area (Å²) in [5, 5.41) is 9.07. The maximum atomic E-state index is 14.0. The van der Waals surface area contributed by atoms with Crippen LogP contribution < -0.4 is 9.64 Å². The molecule has 6 rings (SSSR count). The molecule has 0 saturated carbocycles. The molecule has 3 aromatic carbocycles. The van der Waals surface area contributed by atoms with Crippen LogP contribution in [0.4, 0.5) is 5.69 Å². The van der Waals surface area contributed by atoms with E-state index < -0.39 is 0 Å². The Labute approximate surface area is 218 Å². The lowest BCUT2D eigenvalue weighted by atomic mass is 9.99. The van der Waals surface area contributed by atoms with Gasteiger partial charge < -0.3 is 9.64 Å². The maximum Gasteiger partial charge on any atom is 0.277 e. The summed E-state index contributed by atoms with van der Waals surface area (Å²) in [6.07, 6.45) is 4.63. The molecule has 0 aliphatic carbocycles. The molecule has 1 amide bonds. The number of anilines is 1.